The maximum absolute atomic E-state index is 12.4. The van der Waals surface area contributed by atoms with Crippen molar-refractivity contribution in [1.29, 1.82) is 0 Å². The van der Waals surface area contributed by atoms with E-state index in [1.807, 2.05) is 35.2 Å². The maximum Gasteiger partial charge on any atom is 0.457 e. The number of hydrogen-bond donors (Lipinski definition) is 3. The number of benzene rings is 1. The lowest BCUT2D eigenvalue weighted by Crippen LogP contribution is -2.50. The highest BCUT2D eigenvalue weighted by Crippen LogP contribution is 2.13. The number of nitrogens with two attached hydrogens (primary N) is 2. The van der Waals surface area contributed by atoms with Gasteiger partial charge in [0.1, 0.15) is 0 Å². The topological polar surface area (TPSA) is 67.3 Å². The molecule has 0 aliphatic rings. The molecule has 5 N–H and O–H groups in total. The second kappa shape index (κ2) is 8.99. The minimum absolute atomic E-state index is 0.182. The molecule has 4 nitrogen and oxygen atoms in total. The lowest BCUT2D eigenvalue weighted by molar-refractivity contribution is -0.159. The van der Waals surface area contributed by atoms with Crippen LogP contribution in [0.4, 0.5) is 13.2 Å². The first kappa shape index (κ1) is 17.9. The molecular weight excluding hydrogens is 281 g/mol. The predicted octanol–water partition coefficient (Wildman–Crippen LogP) is 0.927. The molecule has 1 aromatic rings. The Bertz CT molecular complexity index is 378. The molecule has 0 aliphatic carbocycles. The van der Waals surface area contributed by atoms with Crippen LogP contribution in [0.15, 0.2) is 30.3 Å². The molecule has 0 fully saturated rings. The van der Waals surface area contributed by atoms with Crippen molar-refractivity contribution in [3.63, 3.8) is 0 Å². The monoisotopic (exact) mass is 304 g/mol. The largest absolute Gasteiger partial charge is 0.457 e. The summed E-state index contributed by atoms with van der Waals surface area (Å²) in [5, 5.41) is 1.62. The molecule has 1 aromatic carbocycles. The van der Waals surface area contributed by atoms with Gasteiger partial charge >= 0.3 is 6.30 Å². The van der Waals surface area contributed by atoms with Crippen molar-refractivity contribution >= 4 is 0 Å². The van der Waals surface area contributed by atoms with Gasteiger partial charge in [0.15, 0.2) is 0 Å². The molecule has 120 valence electrons. The van der Waals surface area contributed by atoms with Crippen LogP contribution in [0.3, 0.4) is 0 Å². The zero-order valence-electron chi connectivity index (χ0n) is 11.9. The first-order valence-electron chi connectivity index (χ1n) is 6.96. The van der Waals surface area contributed by atoms with Crippen molar-refractivity contribution in [1.82, 2.24) is 10.2 Å². The first-order valence-corrected chi connectivity index (χ1v) is 6.96. The molecule has 0 saturated heterocycles. The van der Waals surface area contributed by atoms with E-state index in [1.54, 1.807) is 5.32 Å². The van der Waals surface area contributed by atoms with E-state index in [-0.39, 0.29) is 12.6 Å². The van der Waals surface area contributed by atoms with Crippen molar-refractivity contribution in [2.24, 2.45) is 11.5 Å². The molecule has 0 spiro atoms. The van der Waals surface area contributed by atoms with Crippen LogP contribution in [0.25, 0.3) is 0 Å². The quantitative estimate of drug-likeness (QED) is 0.594. The zero-order chi connectivity index (χ0) is 15.7. The van der Waals surface area contributed by atoms with Crippen LogP contribution in [0, 0.1) is 0 Å². The number of hydrogen-bond acceptors (Lipinski definition) is 4. The normalized spacial score (nSPS) is 13.6. The first-order chi connectivity index (χ1) is 9.96. The molecule has 1 unspecified atom stereocenters. The third-order valence-electron chi connectivity index (χ3n) is 3.20. The van der Waals surface area contributed by atoms with Gasteiger partial charge in [-0.15, -0.1) is 0 Å². The molecule has 1 rings (SSSR count). The molecule has 21 heavy (non-hydrogen) atoms. The van der Waals surface area contributed by atoms with E-state index in [1.165, 1.54) is 0 Å². The molecular formula is C14H23F3N4. The fraction of sp³-hybridized carbons (Fsp3) is 0.571. The van der Waals surface area contributed by atoms with E-state index in [2.05, 4.69) is 0 Å². The van der Waals surface area contributed by atoms with E-state index >= 15 is 0 Å². The number of nitrogens with zero attached hydrogens (tertiary/aromatic N) is 1. The summed E-state index contributed by atoms with van der Waals surface area (Å²) in [6.07, 6.45) is -3.87. The average Bonchev–Trinajstić information content (AvgIpc) is 2.43. The van der Waals surface area contributed by atoms with Crippen molar-refractivity contribution in [2.75, 3.05) is 32.7 Å². The van der Waals surface area contributed by atoms with Gasteiger partial charge in [0, 0.05) is 38.8 Å². The van der Waals surface area contributed by atoms with Crippen LogP contribution in [-0.2, 0) is 6.42 Å². The van der Waals surface area contributed by atoms with Crippen LogP contribution >= 0.6 is 0 Å². The van der Waals surface area contributed by atoms with Crippen LogP contribution < -0.4 is 16.8 Å². The molecule has 0 bridgehead atoms. The molecule has 0 aromatic heterocycles. The fourth-order valence-electron chi connectivity index (χ4n) is 2.26. The summed E-state index contributed by atoms with van der Waals surface area (Å²) >= 11 is 0. The maximum atomic E-state index is 12.4. The Morgan fingerprint density at radius 3 is 2.10 bits per heavy atom. The molecule has 0 heterocycles. The van der Waals surface area contributed by atoms with Gasteiger partial charge in [-0.2, -0.15) is 13.2 Å². The highest BCUT2D eigenvalue weighted by molar-refractivity contribution is 5.16. The number of rotatable bonds is 9. The molecule has 0 saturated carbocycles. The summed E-state index contributed by atoms with van der Waals surface area (Å²) in [7, 11) is 0. The summed E-state index contributed by atoms with van der Waals surface area (Å²) in [5.41, 5.74) is 12.1. The lowest BCUT2D eigenvalue weighted by atomic mass is 10.0. The lowest BCUT2D eigenvalue weighted by Gasteiger charge is -2.32. The minimum Gasteiger partial charge on any atom is -0.329 e. The van der Waals surface area contributed by atoms with Crippen molar-refractivity contribution < 1.29 is 13.2 Å². The highest BCUT2D eigenvalue weighted by atomic mass is 19.4. The van der Waals surface area contributed by atoms with Gasteiger partial charge in [-0.3, -0.25) is 4.90 Å². The van der Waals surface area contributed by atoms with Gasteiger partial charge in [-0.25, -0.2) is 5.32 Å². The third kappa shape index (κ3) is 7.42. The number of nitrogens with one attached hydrogen (secondary N) is 1. The second-order valence-electron chi connectivity index (χ2n) is 4.84. The summed E-state index contributed by atoms with van der Waals surface area (Å²) < 4.78 is 37.2. The van der Waals surface area contributed by atoms with Crippen molar-refractivity contribution in [3.8, 4) is 0 Å². The average molecular weight is 304 g/mol. The summed E-state index contributed by atoms with van der Waals surface area (Å²) in [4.78, 5) is 1.91. The predicted molar refractivity (Wildman–Crippen MR) is 77.7 cm³/mol. The van der Waals surface area contributed by atoms with Gasteiger partial charge < -0.3 is 11.5 Å². The molecule has 7 heteroatoms. The molecule has 0 radical (unpaired) electrons. The fourth-order valence-corrected chi connectivity index (χ4v) is 2.26. The molecule has 1 atom stereocenters. The van der Waals surface area contributed by atoms with Crippen LogP contribution in [0.2, 0.25) is 0 Å². The van der Waals surface area contributed by atoms with Gasteiger partial charge in [0.2, 0.25) is 0 Å². The number of halogens is 3. The Labute approximate surface area is 123 Å². The smallest absolute Gasteiger partial charge is 0.329 e. The van der Waals surface area contributed by atoms with E-state index in [0.29, 0.717) is 32.6 Å². The zero-order valence-corrected chi connectivity index (χ0v) is 11.9. The SMILES string of the molecule is NCCN(CCN)C(CNC(F)(F)F)Cc1ccccc1. The highest BCUT2D eigenvalue weighted by Gasteiger charge is 2.29. The summed E-state index contributed by atoms with van der Waals surface area (Å²) in [6.45, 7) is 1.63. The van der Waals surface area contributed by atoms with E-state index in [4.69, 9.17) is 11.5 Å². The van der Waals surface area contributed by atoms with Crippen LogP contribution in [-0.4, -0.2) is 50.0 Å². The van der Waals surface area contributed by atoms with Gasteiger partial charge in [-0.05, 0) is 12.0 Å². The second-order valence-corrected chi connectivity index (χ2v) is 4.84. The van der Waals surface area contributed by atoms with Crippen LogP contribution in [0.1, 0.15) is 5.56 Å². The molecule has 0 amide bonds. The van der Waals surface area contributed by atoms with E-state index in [9.17, 15) is 13.2 Å². The van der Waals surface area contributed by atoms with E-state index < -0.39 is 6.30 Å². The third-order valence-corrected chi connectivity index (χ3v) is 3.20. The Hall–Kier alpha value is -1.15. The Morgan fingerprint density at radius 1 is 1.05 bits per heavy atom. The Morgan fingerprint density at radius 2 is 1.62 bits per heavy atom. The summed E-state index contributed by atoms with van der Waals surface area (Å²) in [5.74, 6) is 0. The standard InChI is InChI=1S/C14H23F3N4/c15-14(16,17)20-11-13(21(8-6-18)9-7-19)10-12-4-2-1-3-5-12/h1-5,13,20H,6-11,18-19H2. The van der Waals surface area contributed by atoms with Crippen molar-refractivity contribution in [2.45, 2.75) is 18.8 Å². The Balaban J connectivity index is 2.76. The van der Waals surface area contributed by atoms with Gasteiger partial charge in [-0.1, -0.05) is 30.3 Å². The van der Waals surface area contributed by atoms with Crippen molar-refractivity contribution in [3.05, 3.63) is 35.9 Å². The number of alkyl halides is 3. The van der Waals surface area contributed by atoms with Crippen LogP contribution in [0.5, 0.6) is 0 Å². The summed E-state index contributed by atoms with van der Waals surface area (Å²) in [6, 6.07) is 9.14. The molecule has 0 aliphatic heterocycles. The van der Waals surface area contributed by atoms with E-state index in [0.717, 1.165) is 5.56 Å². The minimum atomic E-state index is -4.38. The Kier molecular flexibility index (Phi) is 7.66. The van der Waals surface area contributed by atoms with Gasteiger partial charge in [0.05, 0.1) is 0 Å². The van der Waals surface area contributed by atoms with Gasteiger partial charge in [0.25, 0.3) is 0 Å².